The zero-order chi connectivity index (χ0) is 15.1. The number of nitrogens with zero attached hydrogens (tertiary/aromatic N) is 2. The van der Waals surface area contributed by atoms with Gasteiger partial charge in [0.15, 0.2) is 5.65 Å². The van der Waals surface area contributed by atoms with Crippen LogP contribution in [0.25, 0.3) is 11.0 Å². The van der Waals surface area contributed by atoms with Crippen LogP contribution in [0.1, 0.15) is 24.1 Å². The van der Waals surface area contributed by atoms with Crippen LogP contribution in [0.3, 0.4) is 0 Å². The second-order valence-corrected chi connectivity index (χ2v) is 6.34. The van der Waals surface area contributed by atoms with Crippen molar-refractivity contribution in [1.82, 2.24) is 15.2 Å². The molecule has 0 saturated heterocycles. The minimum atomic E-state index is -0.494. The second-order valence-electron chi connectivity index (χ2n) is 4.64. The van der Waals surface area contributed by atoms with Gasteiger partial charge in [0.2, 0.25) is 0 Å². The topological polar surface area (TPSA) is 41.6 Å². The predicted molar refractivity (Wildman–Crippen MR) is 85.5 cm³/mol. The summed E-state index contributed by atoms with van der Waals surface area (Å²) < 4.78 is 14.5. The fraction of sp³-hybridized carbons (Fsp3) is 0.143. The van der Waals surface area contributed by atoms with Crippen LogP contribution in [0.5, 0.6) is 0 Å². The monoisotopic (exact) mass is 387 g/mol. The van der Waals surface area contributed by atoms with Gasteiger partial charge in [-0.3, -0.25) is 5.10 Å². The Bertz CT molecular complexity index is 834. The fourth-order valence-electron chi connectivity index (χ4n) is 2.31. The molecule has 1 unspecified atom stereocenters. The van der Waals surface area contributed by atoms with Crippen LogP contribution in [0.2, 0.25) is 10.0 Å². The van der Waals surface area contributed by atoms with Crippen LogP contribution >= 0.6 is 39.1 Å². The van der Waals surface area contributed by atoms with E-state index in [1.165, 1.54) is 12.1 Å². The lowest BCUT2D eigenvalue weighted by Gasteiger charge is -2.15. The molecule has 0 aliphatic rings. The molecule has 0 amide bonds. The molecule has 21 heavy (non-hydrogen) atoms. The number of hydrogen-bond donors (Lipinski definition) is 1. The summed E-state index contributed by atoms with van der Waals surface area (Å²) in [5.74, 6) is -0.743. The molecule has 0 aliphatic heterocycles. The third-order valence-corrected chi connectivity index (χ3v) is 4.50. The van der Waals surface area contributed by atoms with E-state index in [1.54, 1.807) is 6.20 Å². The van der Waals surface area contributed by atoms with Crippen molar-refractivity contribution in [1.29, 1.82) is 0 Å². The van der Waals surface area contributed by atoms with E-state index in [0.29, 0.717) is 16.2 Å². The standard InChI is InChI=1S/C14H9BrCl2FN3/c1-6(11-9(16)2-3-10(18)12(11)17)13-8-4-7(15)5-19-14(8)21-20-13/h2-6H,1H3,(H,19,20,21). The van der Waals surface area contributed by atoms with Crippen molar-refractivity contribution in [2.75, 3.05) is 0 Å². The lowest BCUT2D eigenvalue weighted by molar-refractivity contribution is 0.624. The van der Waals surface area contributed by atoms with Crippen molar-refractivity contribution in [2.24, 2.45) is 0 Å². The summed E-state index contributed by atoms with van der Waals surface area (Å²) in [5.41, 5.74) is 1.90. The average Bonchev–Trinajstić information content (AvgIpc) is 2.86. The van der Waals surface area contributed by atoms with Gasteiger partial charge in [0, 0.05) is 32.6 Å². The van der Waals surface area contributed by atoms with E-state index in [0.717, 1.165) is 15.6 Å². The first-order chi connectivity index (χ1) is 9.99. The molecule has 3 nitrogen and oxygen atoms in total. The van der Waals surface area contributed by atoms with Crippen LogP contribution in [0.4, 0.5) is 4.39 Å². The number of halogens is 4. The average molecular weight is 389 g/mol. The van der Waals surface area contributed by atoms with Crippen molar-refractivity contribution in [3.8, 4) is 0 Å². The van der Waals surface area contributed by atoms with Crippen LogP contribution < -0.4 is 0 Å². The Morgan fingerprint density at radius 2 is 2.10 bits per heavy atom. The number of pyridine rings is 1. The van der Waals surface area contributed by atoms with Crippen LogP contribution in [-0.4, -0.2) is 15.2 Å². The van der Waals surface area contributed by atoms with E-state index in [2.05, 4.69) is 31.1 Å². The minimum Gasteiger partial charge on any atom is -0.279 e. The lowest BCUT2D eigenvalue weighted by atomic mass is 9.95. The molecular weight excluding hydrogens is 380 g/mol. The molecule has 1 atom stereocenters. The molecular formula is C14H9BrCl2FN3. The Hall–Kier alpha value is -1.17. The fourth-order valence-corrected chi connectivity index (χ4v) is 3.34. The van der Waals surface area contributed by atoms with Gasteiger partial charge >= 0.3 is 0 Å². The Morgan fingerprint density at radius 1 is 1.33 bits per heavy atom. The molecule has 1 aromatic carbocycles. The summed E-state index contributed by atoms with van der Waals surface area (Å²) in [7, 11) is 0. The van der Waals surface area contributed by atoms with Gasteiger partial charge in [0.25, 0.3) is 0 Å². The van der Waals surface area contributed by atoms with Crippen molar-refractivity contribution in [2.45, 2.75) is 12.8 Å². The molecule has 0 fully saturated rings. The quantitative estimate of drug-likeness (QED) is 0.603. The molecule has 0 radical (unpaired) electrons. The Labute approximate surface area is 138 Å². The van der Waals surface area contributed by atoms with Gasteiger partial charge in [-0.25, -0.2) is 9.37 Å². The number of fused-ring (bicyclic) bond motifs is 1. The minimum absolute atomic E-state index is 0.0284. The van der Waals surface area contributed by atoms with E-state index < -0.39 is 5.82 Å². The molecule has 0 bridgehead atoms. The van der Waals surface area contributed by atoms with Gasteiger partial charge in [-0.15, -0.1) is 0 Å². The maximum absolute atomic E-state index is 13.7. The number of aromatic amines is 1. The van der Waals surface area contributed by atoms with Crippen LogP contribution in [0.15, 0.2) is 28.9 Å². The molecule has 0 saturated carbocycles. The van der Waals surface area contributed by atoms with Gasteiger partial charge in [0.05, 0.1) is 10.7 Å². The zero-order valence-electron chi connectivity index (χ0n) is 10.8. The van der Waals surface area contributed by atoms with Gasteiger partial charge in [-0.1, -0.05) is 30.1 Å². The van der Waals surface area contributed by atoms with Crippen molar-refractivity contribution >= 4 is 50.2 Å². The molecule has 108 valence electrons. The number of benzene rings is 1. The summed E-state index contributed by atoms with van der Waals surface area (Å²) in [4.78, 5) is 4.21. The first-order valence-electron chi connectivity index (χ1n) is 6.12. The molecule has 3 aromatic rings. The summed E-state index contributed by atoms with van der Waals surface area (Å²) in [6.07, 6.45) is 1.67. The molecule has 7 heteroatoms. The predicted octanol–water partition coefficient (Wildman–Crippen LogP) is 5.32. The summed E-state index contributed by atoms with van der Waals surface area (Å²) in [6, 6.07) is 4.66. The number of H-pyrrole nitrogens is 1. The van der Waals surface area contributed by atoms with Gasteiger partial charge in [0.1, 0.15) is 5.82 Å². The Morgan fingerprint density at radius 3 is 2.86 bits per heavy atom. The second kappa shape index (κ2) is 5.55. The molecule has 1 N–H and O–H groups in total. The van der Waals surface area contributed by atoms with E-state index in [1.807, 2.05) is 13.0 Å². The smallest absolute Gasteiger partial charge is 0.181 e. The zero-order valence-corrected chi connectivity index (χ0v) is 13.9. The largest absolute Gasteiger partial charge is 0.279 e. The molecule has 3 rings (SSSR count). The number of hydrogen-bond acceptors (Lipinski definition) is 2. The van der Waals surface area contributed by atoms with Gasteiger partial charge in [-0.2, -0.15) is 5.10 Å². The van der Waals surface area contributed by atoms with E-state index in [9.17, 15) is 4.39 Å². The van der Waals surface area contributed by atoms with E-state index >= 15 is 0 Å². The number of nitrogens with one attached hydrogen (secondary N) is 1. The molecule has 2 aromatic heterocycles. The Kier molecular flexibility index (Phi) is 3.90. The normalized spacial score (nSPS) is 12.8. The summed E-state index contributed by atoms with van der Waals surface area (Å²) >= 11 is 15.6. The van der Waals surface area contributed by atoms with Gasteiger partial charge < -0.3 is 0 Å². The SMILES string of the molecule is CC(c1c(Cl)ccc(F)c1Cl)c1[nH]nc2ncc(Br)cc12. The lowest BCUT2D eigenvalue weighted by Crippen LogP contribution is -2.01. The summed E-state index contributed by atoms with van der Waals surface area (Å²) in [6.45, 7) is 1.89. The highest BCUT2D eigenvalue weighted by molar-refractivity contribution is 9.10. The van der Waals surface area contributed by atoms with E-state index in [4.69, 9.17) is 23.2 Å². The van der Waals surface area contributed by atoms with Crippen molar-refractivity contribution in [3.63, 3.8) is 0 Å². The summed E-state index contributed by atoms with van der Waals surface area (Å²) in [5, 5.41) is 8.38. The molecule has 0 spiro atoms. The van der Waals surface area contributed by atoms with Crippen LogP contribution in [-0.2, 0) is 0 Å². The highest BCUT2D eigenvalue weighted by Crippen LogP contribution is 2.38. The first-order valence-corrected chi connectivity index (χ1v) is 7.67. The maximum atomic E-state index is 13.7. The third kappa shape index (κ3) is 2.54. The third-order valence-electron chi connectivity index (χ3n) is 3.35. The van der Waals surface area contributed by atoms with Crippen LogP contribution in [0, 0.1) is 5.82 Å². The maximum Gasteiger partial charge on any atom is 0.181 e. The van der Waals surface area contributed by atoms with Gasteiger partial charge in [-0.05, 0) is 34.1 Å². The first kappa shape index (κ1) is 14.8. The Balaban J connectivity index is 2.19. The van der Waals surface area contributed by atoms with Crippen molar-refractivity contribution < 1.29 is 4.39 Å². The van der Waals surface area contributed by atoms with Crippen molar-refractivity contribution in [3.05, 3.63) is 56.0 Å². The number of rotatable bonds is 2. The molecule has 2 heterocycles. The number of aromatic nitrogens is 3. The van der Waals surface area contributed by atoms with E-state index in [-0.39, 0.29) is 10.9 Å². The highest BCUT2D eigenvalue weighted by atomic mass is 79.9. The molecule has 0 aliphatic carbocycles. The highest BCUT2D eigenvalue weighted by Gasteiger charge is 2.22.